The molecule has 0 heterocycles. The fourth-order valence-corrected chi connectivity index (χ4v) is 3.12. The number of Topliss-reactive ketones (excluding diaryl/α,β-unsaturated/α-hetero) is 2. The number of methoxy groups -OCH3 is 1. The third kappa shape index (κ3) is 3.17. The molecule has 1 aliphatic carbocycles. The third-order valence-electron chi connectivity index (χ3n) is 4.49. The number of aliphatic hydroxyl groups excluding tert-OH is 1. The normalized spacial score (nSPS) is 14.7. The van der Waals surface area contributed by atoms with Gasteiger partial charge >= 0.3 is 5.97 Å². The third-order valence-corrected chi connectivity index (χ3v) is 4.49. The minimum Gasteiger partial charge on any atom is -0.507 e. The van der Waals surface area contributed by atoms with Gasteiger partial charge in [0.15, 0.2) is 17.5 Å². The Morgan fingerprint density at radius 1 is 1.04 bits per heavy atom. The van der Waals surface area contributed by atoms with Gasteiger partial charge in [-0.05, 0) is 17.7 Å². The van der Waals surface area contributed by atoms with Crippen LogP contribution in [0.1, 0.15) is 33.8 Å². The van der Waals surface area contributed by atoms with Gasteiger partial charge in [-0.1, -0.05) is 24.3 Å². The fraction of sp³-hybridized carbons (Fsp3) is 0.150. The van der Waals surface area contributed by atoms with E-state index in [4.69, 9.17) is 0 Å². The van der Waals surface area contributed by atoms with Crippen molar-refractivity contribution in [1.82, 2.24) is 0 Å². The molecule has 1 aliphatic rings. The van der Waals surface area contributed by atoms with E-state index in [0.29, 0.717) is 12.1 Å². The molecule has 0 radical (unpaired) electrons. The quantitative estimate of drug-likeness (QED) is 0.491. The summed E-state index contributed by atoms with van der Waals surface area (Å²) in [5.74, 6) is -9.78. The van der Waals surface area contributed by atoms with E-state index in [1.54, 1.807) is 0 Å². The van der Waals surface area contributed by atoms with Crippen molar-refractivity contribution in [3.05, 3.63) is 76.1 Å². The van der Waals surface area contributed by atoms with E-state index in [-0.39, 0.29) is 16.7 Å². The first-order chi connectivity index (χ1) is 13.3. The maximum Gasteiger partial charge on any atom is 0.306 e. The summed E-state index contributed by atoms with van der Waals surface area (Å²) in [5.41, 5.74) is -0.814. The van der Waals surface area contributed by atoms with Crippen LogP contribution in [0.25, 0.3) is 5.76 Å². The van der Waals surface area contributed by atoms with Crippen molar-refractivity contribution < 1.29 is 37.4 Å². The van der Waals surface area contributed by atoms with Crippen molar-refractivity contribution in [2.24, 2.45) is 0 Å². The molecule has 8 heteroatoms. The van der Waals surface area contributed by atoms with Crippen LogP contribution in [0.4, 0.5) is 13.2 Å². The molecule has 2 aromatic rings. The number of halogens is 3. The van der Waals surface area contributed by atoms with Gasteiger partial charge in [0.05, 0.1) is 19.1 Å². The predicted octanol–water partition coefficient (Wildman–Crippen LogP) is 3.49. The summed E-state index contributed by atoms with van der Waals surface area (Å²) in [6.07, 6.45) is -0.610. The lowest BCUT2D eigenvalue weighted by atomic mass is 9.78. The molecule has 1 unspecified atom stereocenters. The molecule has 144 valence electrons. The number of allylic oxidation sites excluding steroid dienone is 1. The van der Waals surface area contributed by atoms with Crippen molar-refractivity contribution >= 4 is 23.3 Å². The Labute approximate surface area is 157 Å². The first-order valence-corrected chi connectivity index (χ1v) is 8.09. The minimum absolute atomic E-state index is 0.0398. The Bertz CT molecular complexity index is 1020. The van der Waals surface area contributed by atoms with Gasteiger partial charge in [-0.15, -0.1) is 0 Å². The Morgan fingerprint density at radius 3 is 2.18 bits per heavy atom. The largest absolute Gasteiger partial charge is 0.507 e. The Morgan fingerprint density at radius 2 is 1.61 bits per heavy atom. The van der Waals surface area contributed by atoms with Gasteiger partial charge in [0.1, 0.15) is 5.76 Å². The van der Waals surface area contributed by atoms with E-state index >= 15 is 0 Å². The van der Waals surface area contributed by atoms with Gasteiger partial charge in [0, 0.05) is 17.0 Å². The summed E-state index contributed by atoms with van der Waals surface area (Å²) in [4.78, 5) is 36.9. The van der Waals surface area contributed by atoms with Gasteiger partial charge in [0.25, 0.3) is 0 Å². The van der Waals surface area contributed by atoms with Gasteiger partial charge in [0.2, 0.25) is 11.6 Å². The SMILES string of the molecule is COC(=O)CC(C1=C(O)c2ccccc2C(=O)C1=O)c1cc(F)c(F)c(F)c1. The van der Waals surface area contributed by atoms with Crippen molar-refractivity contribution in [2.45, 2.75) is 12.3 Å². The van der Waals surface area contributed by atoms with Crippen LogP contribution in [-0.4, -0.2) is 29.8 Å². The Hall–Kier alpha value is -3.42. The molecule has 1 atom stereocenters. The summed E-state index contributed by atoms with van der Waals surface area (Å²) in [6, 6.07) is 6.95. The number of aliphatic hydroxyl groups is 1. The standard InChI is InChI=1S/C20H13F3O5/c1-28-15(24)8-12(9-6-13(21)17(23)14(22)7-9)16-18(25)10-4-2-3-5-11(10)19(26)20(16)27/h2-7,12,25H,8H2,1H3. The average Bonchev–Trinajstić information content (AvgIpc) is 2.69. The van der Waals surface area contributed by atoms with Gasteiger partial charge in [-0.2, -0.15) is 0 Å². The van der Waals surface area contributed by atoms with Crippen LogP contribution in [-0.2, 0) is 14.3 Å². The van der Waals surface area contributed by atoms with E-state index in [0.717, 1.165) is 7.11 Å². The summed E-state index contributed by atoms with van der Waals surface area (Å²) in [5, 5.41) is 10.6. The van der Waals surface area contributed by atoms with E-state index in [9.17, 15) is 32.7 Å². The van der Waals surface area contributed by atoms with E-state index in [1.165, 1.54) is 24.3 Å². The zero-order chi connectivity index (χ0) is 20.6. The van der Waals surface area contributed by atoms with Gasteiger partial charge in [-0.3, -0.25) is 14.4 Å². The lowest BCUT2D eigenvalue weighted by molar-refractivity contribution is -0.140. The smallest absolute Gasteiger partial charge is 0.306 e. The second kappa shape index (κ2) is 7.30. The predicted molar refractivity (Wildman–Crippen MR) is 91.0 cm³/mol. The van der Waals surface area contributed by atoms with E-state index < -0.39 is 58.7 Å². The number of carbonyl (C=O) groups is 3. The molecule has 0 spiro atoms. The lowest BCUT2D eigenvalue weighted by Gasteiger charge is -2.24. The van der Waals surface area contributed by atoms with Crippen LogP contribution in [0.5, 0.6) is 0 Å². The molecule has 0 bridgehead atoms. The summed E-state index contributed by atoms with van der Waals surface area (Å²) in [6.45, 7) is 0. The molecule has 0 amide bonds. The highest BCUT2D eigenvalue weighted by Gasteiger charge is 2.38. The Kier molecular flexibility index (Phi) is 5.04. The van der Waals surface area contributed by atoms with Crippen molar-refractivity contribution in [2.75, 3.05) is 7.11 Å². The number of rotatable bonds is 4. The van der Waals surface area contributed by atoms with Crippen LogP contribution in [0.2, 0.25) is 0 Å². The summed E-state index contributed by atoms with van der Waals surface area (Å²) < 4.78 is 45.3. The number of carbonyl (C=O) groups excluding carboxylic acids is 3. The summed E-state index contributed by atoms with van der Waals surface area (Å²) >= 11 is 0. The highest BCUT2D eigenvalue weighted by atomic mass is 19.2. The van der Waals surface area contributed by atoms with Crippen LogP contribution in [0.15, 0.2) is 42.0 Å². The number of hydrogen-bond acceptors (Lipinski definition) is 5. The van der Waals surface area contributed by atoms with Crippen LogP contribution in [0.3, 0.4) is 0 Å². The van der Waals surface area contributed by atoms with E-state index in [1.807, 2.05) is 0 Å². The van der Waals surface area contributed by atoms with Gasteiger partial charge in [-0.25, -0.2) is 13.2 Å². The fourth-order valence-electron chi connectivity index (χ4n) is 3.12. The molecular formula is C20H13F3O5. The molecule has 0 aromatic heterocycles. The highest BCUT2D eigenvalue weighted by molar-refractivity contribution is 6.52. The molecule has 2 aromatic carbocycles. The maximum atomic E-state index is 13.7. The molecule has 0 fully saturated rings. The number of fused-ring (bicyclic) bond motifs is 1. The van der Waals surface area contributed by atoms with Crippen molar-refractivity contribution in [3.63, 3.8) is 0 Å². The molecule has 0 saturated carbocycles. The molecule has 28 heavy (non-hydrogen) atoms. The van der Waals surface area contributed by atoms with Crippen LogP contribution in [0, 0.1) is 17.5 Å². The number of ether oxygens (including phenoxy) is 1. The van der Waals surface area contributed by atoms with Crippen molar-refractivity contribution in [3.8, 4) is 0 Å². The molecule has 0 saturated heterocycles. The number of benzene rings is 2. The average molecular weight is 390 g/mol. The lowest BCUT2D eigenvalue weighted by Crippen LogP contribution is -2.28. The second-order valence-corrected chi connectivity index (χ2v) is 6.10. The number of hydrogen-bond donors (Lipinski definition) is 1. The molecule has 0 aliphatic heterocycles. The Balaban J connectivity index is 2.25. The zero-order valence-electron chi connectivity index (χ0n) is 14.5. The first-order valence-electron chi connectivity index (χ1n) is 8.09. The monoisotopic (exact) mass is 390 g/mol. The number of ketones is 2. The maximum absolute atomic E-state index is 13.7. The zero-order valence-corrected chi connectivity index (χ0v) is 14.5. The highest BCUT2D eigenvalue weighted by Crippen LogP contribution is 2.38. The summed E-state index contributed by atoms with van der Waals surface area (Å²) in [7, 11) is 1.06. The minimum atomic E-state index is -1.73. The molecule has 3 rings (SSSR count). The van der Waals surface area contributed by atoms with Crippen LogP contribution >= 0.6 is 0 Å². The molecule has 5 nitrogen and oxygen atoms in total. The van der Waals surface area contributed by atoms with Crippen LogP contribution < -0.4 is 0 Å². The first kappa shape index (κ1) is 19.3. The van der Waals surface area contributed by atoms with Gasteiger partial charge < -0.3 is 9.84 Å². The second-order valence-electron chi connectivity index (χ2n) is 6.10. The molecule has 1 N–H and O–H groups in total. The number of esters is 1. The van der Waals surface area contributed by atoms with Crippen molar-refractivity contribution in [1.29, 1.82) is 0 Å². The topological polar surface area (TPSA) is 80.7 Å². The van der Waals surface area contributed by atoms with E-state index in [2.05, 4.69) is 4.74 Å². The molecular weight excluding hydrogens is 377 g/mol.